The van der Waals surface area contributed by atoms with E-state index in [-0.39, 0.29) is 0 Å². The van der Waals surface area contributed by atoms with Gasteiger partial charge in [-0.15, -0.1) is 0 Å². The molecule has 0 saturated carbocycles. The molecule has 0 atom stereocenters. The lowest BCUT2D eigenvalue weighted by Gasteiger charge is -2.26. The third kappa shape index (κ3) is 4.00. The quantitative estimate of drug-likeness (QED) is 0.748. The van der Waals surface area contributed by atoms with Crippen LogP contribution in [0.5, 0.6) is 5.75 Å². The molecule has 100 valence electrons. The van der Waals surface area contributed by atoms with Gasteiger partial charge in [0.25, 0.3) is 0 Å². The fourth-order valence-corrected chi connectivity index (χ4v) is 2.26. The standard InChI is InChI=1S/C15H23NO2/c1-13-4-5-15(14(2)12-13)18-9-3-6-16-7-10-17-11-8-16/h4-5,12H,3,6-11H2,1-2H3. The topological polar surface area (TPSA) is 21.7 Å². The van der Waals surface area contributed by atoms with Crippen molar-refractivity contribution in [3.63, 3.8) is 0 Å². The lowest BCUT2D eigenvalue weighted by atomic mass is 10.1. The number of ether oxygens (including phenoxy) is 2. The summed E-state index contributed by atoms with van der Waals surface area (Å²) >= 11 is 0. The molecule has 1 saturated heterocycles. The Hall–Kier alpha value is -1.06. The molecule has 0 aliphatic carbocycles. The Morgan fingerprint density at radius 1 is 1.22 bits per heavy atom. The Morgan fingerprint density at radius 3 is 2.72 bits per heavy atom. The van der Waals surface area contributed by atoms with E-state index in [9.17, 15) is 0 Å². The number of hydrogen-bond acceptors (Lipinski definition) is 3. The molecule has 1 fully saturated rings. The number of benzene rings is 1. The van der Waals surface area contributed by atoms with Crippen molar-refractivity contribution in [2.45, 2.75) is 20.3 Å². The zero-order chi connectivity index (χ0) is 12.8. The molecule has 1 aliphatic heterocycles. The average molecular weight is 249 g/mol. The molecule has 0 radical (unpaired) electrons. The van der Waals surface area contributed by atoms with Crippen LogP contribution in [-0.4, -0.2) is 44.4 Å². The van der Waals surface area contributed by atoms with E-state index >= 15 is 0 Å². The van der Waals surface area contributed by atoms with Crippen molar-refractivity contribution in [3.8, 4) is 5.75 Å². The molecule has 1 aromatic carbocycles. The lowest BCUT2D eigenvalue weighted by Crippen LogP contribution is -2.37. The van der Waals surface area contributed by atoms with Crippen LogP contribution >= 0.6 is 0 Å². The second kappa shape index (κ2) is 6.76. The highest BCUT2D eigenvalue weighted by Crippen LogP contribution is 2.18. The normalized spacial score (nSPS) is 16.8. The van der Waals surface area contributed by atoms with Crippen LogP contribution in [0.4, 0.5) is 0 Å². The summed E-state index contributed by atoms with van der Waals surface area (Å²) < 4.78 is 11.2. The van der Waals surface area contributed by atoms with E-state index in [4.69, 9.17) is 9.47 Å². The maximum atomic E-state index is 5.82. The molecule has 0 unspecified atom stereocenters. The Bertz CT molecular complexity index is 373. The van der Waals surface area contributed by atoms with Gasteiger partial charge in [-0.2, -0.15) is 0 Å². The summed E-state index contributed by atoms with van der Waals surface area (Å²) in [6, 6.07) is 6.33. The zero-order valence-corrected chi connectivity index (χ0v) is 11.4. The van der Waals surface area contributed by atoms with Gasteiger partial charge in [0.1, 0.15) is 5.75 Å². The predicted molar refractivity (Wildman–Crippen MR) is 73.3 cm³/mol. The first-order valence-corrected chi connectivity index (χ1v) is 6.76. The molecule has 0 aromatic heterocycles. The first-order valence-electron chi connectivity index (χ1n) is 6.76. The van der Waals surface area contributed by atoms with Gasteiger partial charge in [-0.3, -0.25) is 4.90 Å². The summed E-state index contributed by atoms with van der Waals surface area (Å²) in [5, 5.41) is 0. The highest BCUT2D eigenvalue weighted by molar-refractivity contribution is 5.35. The van der Waals surface area contributed by atoms with Crippen molar-refractivity contribution >= 4 is 0 Å². The molecule has 0 bridgehead atoms. The number of aryl methyl sites for hydroxylation is 2. The highest BCUT2D eigenvalue weighted by Gasteiger charge is 2.09. The summed E-state index contributed by atoms with van der Waals surface area (Å²) in [4.78, 5) is 2.44. The lowest BCUT2D eigenvalue weighted by molar-refractivity contribution is 0.0358. The van der Waals surface area contributed by atoms with Gasteiger partial charge in [0.15, 0.2) is 0 Å². The van der Waals surface area contributed by atoms with E-state index in [0.717, 1.165) is 51.6 Å². The minimum absolute atomic E-state index is 0.793. The van der Waals surface area contributed by atoms with Crippen molar-refractivity contribution in [3.05, 3.63) is 29.3 Å². The van der Waals surface area contributed by atoms with Gasteiger partial charge in [-0.1, -0.05) is 17.7 Å². The third-order valence-electron chi connectivity index (χ3n) is 3.31. The van der Waals surface area contributed by atoms with Crippen molar-refractivity contribution < 1.29 is 9.47 Å². The average Bonchev–Trinajstić information content (AvgIpc) is 2.38. The molecule has 0 spiro atoms. The van der Waals surface area contributed by atoms with Crippen LogP contribution in [0.25, 0.3) is 0 Å². The van der Waals surface area contributed by atoms with Gasteiger partial charge in [0.2, 0.25) is 0 Å². The summed E-state index contributed by atoms with van der Waals surface area (Å²) in [7, 11) is 0. The van der Waals surface area contributed by atoms with Crippen LogP contribution in [0.1, 0.15) is 17.5 Å². The number of morpholine rings is 1. The van der Waals surface area contributed by atoms with Gasteiger partial charge >= 0.3 is 0 Å². The highest BCUT2D eigenvalue weighted by atomic mass is 16.5. The molecule has 2 rings (SSSR count). The SMILES string of the molecule is Cc1ccc(OCCCN2CCOCC2)c(C)c1. The number of hydrogen-bond donors (Lipinski definition) is 0. The fourth-order valence-electron chi connectivity index (χ4n) is 2.26. The Balaban J connectivity index is 1.68. The Labute approximate surface area is 110 Å². The van der Waals surface area contributed by atoms with Gasteiger partial charge in [0, 0.05) is 19.6 Å². The van der Waals surface area contributed by atoms with Gasteiger partial charge in [-0.05, 0) is 31.9 Å². The van der Waals surface area contributed by atoms with Crippen LogP contribution in [-0.2, 0) is 4.74 Å². The van der Waals surface area contributed by atoms with E-state index in [2.05, 4.69) is 36.9 Å². The second-order valence-corrected chi connectivity index (χ2v) is 4.92. The summed E-state index contributed by atoms with van der Waals surface area (Å²) in [5.41, 5.74) is 2.51. The van der Waals surface area contributed by atoms with Crippen molar-refractivity contribution in [1.82, 2.24) is 4.90 Å². The Kier molecular flexibility index (Phi) is 5.02. The first kappa shape index (κ1) is 13.4. The second-order valence-electron chi connectivity index (χ2n) is 4.92. The van der Waals surface area contributed by atoms with E-state index in [1.807, 2.05) is 0 Å². The maximum Gasteiger partial charge on any atom is 0.122 e. The largest absolute Gasteiger partial charge is 0.493 e. The summed E-state index contributed by atoms with van der Waals surface area (Å²) in [5.74, 6) is 1.02. The molecule has 1 aromatic rings. The van der Waals surface area contributed by atoms with Crippen molar-refractivity contribution in [1.29, 1.82) is 0 Å². The van der Waals surface area contributed by atoms with Gasteiger partial charge < -0.3 is 9.47 Å². The van der Waals surface area contributed by atoms with Gasteiger partial charge in [0.05, 0.1) is 19.8 Å². The molecule has 0 amide bonds. The Morgan fingerprint density at radius 2 is 2.00 bits per heavy atom. The van der Waals surface area contributed by atoms with Crippen molar-refractivity contribution in [2.24, 2.45) is 0 Å². The first-order chi connectivity index (χ1) is 8.75. The zero-order valence-electron chi connectivity index (χ0n) is 11.4. The molecule has 3 nitrogen and oxygen atoms in total. The van der Waals surface area contributed by atoms with Crippen LogP contribution in [0.15, 0.2) is 18.2 Å². The summed E-state index contributed by atoms with van der Waals surface area (Å²) in [6.45, 7) is 9.97. The van der Waals surface area contributed by atoms with E-state index < -0.39 is 0 Å². The maximum absolute atomic E-state index is 5.82. The molecule has 1 aliphatic rings. The van der Waals surface area contributed by atoms with E-state index in [1.54, 1.807) is 0 Å². The van der Waals surface area contributed by atoms with Crippen molar-refractivity contribution in [2.75, 3.05) is 39.5 Å². The number of nitrogens with zero attached hydrogens (tertiary/aromatic N) is 1. The third-order valence-corrected chi connectivity index (χ3v) is 3.31. The molecular weight excluding hydrogens is 226 g/mol. The molecule has 0 N–H and O–H groups in total. The van der Waals surface area contributed by atoms with Crippen LogP contribution in [0.2, 0.25) is 0 Å². The minimum Gasteiger partial charge on any atom is -0.493 e. The van der Waals surface area contributed by atoms with E-state index in [1.165, 1.54) is 11.1 Å². The molecule has 1 heterocycles. The van der Waals surface area contributed by atoms with E-state index in [0.29, 0.717) is 0 Å². The minimum atomic E-state index is 0.793. The summed E-state index contributed by atoms with van der Waals surface area (Å²) in [6.07, 6.45) is 1.08. The molecule has 3 heteroatoms. The monoisotopic (exact) mass is 249 g/mol. The van der Waals surface area contributed by atoms with Crippen LogP contribution in [0.3, 0.4) is 0 Å². The molecule has 18 heavy (non-hydrogen) atoms. The number of rotatable bonds is 5. The fraction of sp³-hybridized carbons (Fsp3) is 0.600. The smallest absolute Gasteiger partial charge is 0.122 e. The van der Waals surface area contributed by atoms with Crippen LogP contribution < -0.4 is 4.74 Å². The molecular formula is C15H23NO2. The van der Waals surface area contributed by atoms with Gasteiger partial charge in [-0.25, -0.2) is 0 Å². The van der Waals surface area contributed by atoms with Crippen LogP contribution in [0, 0.1) is 13.8 Å². The predicted octanol–water partition coefficient (Wildman–Crippen LogP) is 2.40.